The maximum atomic E-state index is 14.8. The van der Waals surface area contributed by atoms with Crippen molar-refractivity contribution in [3.8, 4) is 0 Å². The molecular formula is C34H38ClN3O4S. The molecule has 1 N–H and O–H groups in total. The average Bonchev–Trinajstić information content (AvgIpc) is 3.32. The van der Waals surface area contributed by atoms with Gasteiger partial charge in [0.05, 0.1) is 39.9 Å². The number of amides is 3. The van der Waals surface area contributed by atoms with E-state index in [-0.39, 0.29) is 35.5 Å². The molecule has 226 valence electrons. The van der Waals surface area contributed by atoms with Crippen LogP contribution in [-0.4, -0.2) is 74.4 Å². The van der Waals surface area contributed by atoms with E-state index in [2.05, 4.69) is 6.08 Å². The molecule has 7 atom stereocenters. The number of benzene rings is 2. The lowest BCUT2D eigenvalue weighted by Gasteiger charge is -2.40. The second-order valence-electron chi connectivity index (χ2n) is 12.1. The van der Waals surface area contributed by atoms with E-state index in [0.29, 0.717) is 30.3 Å². The lowest BCUT2D eigenvalue weighted by atomic mass is 9.78. The van der Waals surface area contributed by atoms with Crippen LogP contribution in [0.1, 0.15) is 31.4 Å². The lowest BCUT2D eigenvalue weighted by molar-refractivity contribution is -0.145. The van der Waals surface area contributed by atoms with Gasteiger partial charge in [0.2, 0.25) is 11.8 Å². The Morgan fingerprint density at radius 3 is 2.49 bits per heavy atom. The summed E-state index contributed by atoms with van der Waals surface area (Å²) in [6, 6.07) is 13.9. The molecule has 6 rings (SSSR count). The molecule has 2 saturated heterocycles. The number of halogens is 1. The summed E-state index contributed by atoms with van der Waals surface area (Å²) >= 11 is 8.23. The summed E-state index contributed by atoms with van der Waals surface area (Å²) in [5.41, 5.74) is 2.50. The molecule has 0 aliphatic carbocycles. The summed E-state index contributed by atoms with van der Waals surface area (Å²) in [4.78, 5) is 49.1. The van der Waals surface area contributed by atoms with Crippen molar-refractivity contribution in [2.24, 2.45) is 17.8 Å². The van der Waals surface area contributed by atoms with Crippen molar-refractivity contribution in [3.05, 3.63) is 89.0 Å². The predicted molar refractivity (Wildman–Crippen MR) is 171 cm³/mol. The number of thioether (sulfide) groups is 1. The first kappa shape index (κ1) is 30.0. The normalized spacial score (nSPS) is 29.7. The molecule has 0 bridgehead atoms. The van der Waals surface area contributed by atoms with Gasteiger partial charge in [0, 0.05) is 24.9 Å². The molecule has 4 aliphatic heterocycles. The Balaban J connectivity index is 1.46. The van der Waals surface area contributed by atoms with Crippen molar-refractivity contribution in [1.82, 2.24) is 9.80 Å². The summed E-state index contributed by atoms with van der Waals surface area (Å²) in [7, 11) is 0. The van der Waals surface area contributed by atoms with Gasteiger partial charge in [0.25, 0.3) is 5.91 Å². The molecule has 2 aromatic carbocycles. The molecule has 4 aliphatic rings. The number of aliphatic hydroxyl groups excluding tert-OH is 1. The van der Waals surface area contributed by atoms with Gasteiger partial charge in [-0.3, -0.25) is 14.4 Å². The molecule has 43 heavy (non-hydrogen) atoms. The van der Waals surface area contributed by atoms with Crippen LogP contribution in [0.2, 0.25) is 5.02 Å². The van der Waals surface area contributed by atoms with Crippen LogP contribution in [0.3, 0.4) is 0 Å². The Morgan fingerprint density at radius 2 is 1.79 bits per heavy atom. The van der Waals surface area contributed by atoms with E-state index in [1.165, 1.54) is 0 Å². The summed E-state index contributed by atoms with van der Waals surface area (Å²) in [5, 5.41) is 10.9. The molecule has 0 saturated carbocycles. The number of fused-ring (bicyclic) bond motifs is 2. The third kappa shape index (κ3) is 4.82. The van der Waals surface area contributed by atoms with Crippen molar-refractivity contribution in [2.45, 2.75) is 55.8 Å². The molecular weight excluding hydrogens is 582 g/mol. The van der Waals surface area contributed by atoms with Crippen LogP contribution >= 0.6 is 23.4 Å². The summed E-state index contributed by atoms with van der Waals surface area (Å²) in [5.74, 6) is -1.97. The van der Waals surface area contributed by atoms with Crippen LogP contribution in [0.25, 0.3) is 0 Å². The van der Waals surface area contributed by atoms with Crippen molar-refractivity contribution in [3.63, 3.8) is 0 Å². The van der Waals surface area contributed by atoms with Gasteiger partial charge < -0.3 is 19.8 Å². The summed E-state index contributed by atoms with van der Waals surface area (Å²) < 4.78 is -0.968. The molecule has 0 aromatic heterocycles. The number of para-hydroxylation sites is 1. The van der Waals surface area contributed by atoms with Crippen molar-refractivity contribution >= 4 is 46.8 Å². The van der Waals surface area contributed by atoms with Crippen molar-refractivity contribution in [1.29, 1.82) is 0 Å². The fraction of sp³-hybridized carbons (Fsp3) is 0.441. The monoisotopic (exact) mass is 619 g/mol. The number of likely N-dealkylation sites (tertiary alicyclic amines) is 1. The molecule has 2 aromatic rings. The van der Waals surface area contributed by atoms with E-state index in [0.717, 1.165) is 17.5 Å². The Bertz CT molecular complexity index is 1460. The van der Waals surface area contributed by atoms with E-state index in [9.17, 15) is 19.5 Å². The van der Waals surface area contributed by atoms with Crippen LogP contribution in [0, 0.1) is 24.7 Å². The summed E-state index contributed by atoms with van der Waals surface area (Å²) in [6.07, 6.45) is 8.76. The number of rotatable bonds is 7. The number of nitrogens with zero attached hydrogens (tertiary/aromatic N) is 3. The number of anilines is 1. The van der Waals surface area contributed by atoms with E-state index >= 15 is 0 Å². The first-order chi connectivity index (χ1) is 20.7. The molecule has 9 heteroatoms. The highest BCUT2D eigenvalue weighted by Crippen LogP contribution is 2.62. The van der Waals surface area contributed by atoms with E-state index in [1.807, 2.05) is 86.4 Å². The van der Waals surface area contributed by atoms with Gasteiger partial charge in [-0.1, -0.05) is 98.6 Å². The fourth-order valence-corrected chi connectivity index (χ4v) is 9.73. The van der Waals surface area contributed by atoms with Crippen molar-refractivity contribution < 1.29 is 19.5 Å². The van der Waals surface area contributed by atoms with Gasteiger partial charge in [-0.15, -0.1) is 11.8 Å². The highest BCUT2D eigenvalue weighted by Gasteiger charge is 2.72. The standard InChI is InChI=1S/C34H38ClN3O4S/c1-4-21(2)25(20-39)38-30-33(42)37(29-22(3)11-8-14-24(29)35)18-10-16-34(30)28(32(38)41)27-26(43-34)15-9-17-36(31(27)40)19-23-12-6-5-7-13-23/h5-16,21,25-28,30,39H,4,17-20H2,1-3H3/t21-,25-,26+,27-,28-,30?,34-/m0/s1. The van der Waals surface area contributed by atoms with Gasteiger partial charge in [0.1, 0.15) is 6.04 Å². The van der Waals surface area contributed by atoms with Gasteiger partial charge >= 0.3 is 0 Å². The molecule has 7 nitrogen and oxygen atoms in total. The minimum atomic E-state index is -0.968. The van der Waals surface area contributed by atoms with Crippen LogP contribution in [0.15, 0.2) is 72.8 Å². The zero-order chi connectivity index (χ0) is 30.5. The molecule has 1 spiro atoms. The Hall–Kier alpha value is -3.07. The third-order valence-corrected chi connectivity index (χ3v) is 11.7. The highest BCUT2D eigenvalue weighted by atomic mass is 35.5. The summed E-state index contributed by atoms with van der Waals surface area (Å²) in [6.45, 7) is 6.87. The molecule has 4 heterocycles. The lowest BCUT2D eigenvalue weighted by Crippen LogP contribution is -2.58. The molecule has 0 radical (unpaired) electrons. The zero-order valence-electron chi connectivity index (χ0n) is 24.7. The second-order valence-corrected chi connectivity index (χ2v) is 14.0. The minimum absolute atomic E-state index is 0.0551. The highest BCUT2D eigenvalue weighted by molar-refractivity contribution is 8.02. The van der Waals surface area contributed by atoms with Gasteiger partial charge in [-0.05, 0) is 30.0 Å². The Labute approximate surface area is 262 Å². The maximum Gasteiger partial charge on any atom is 0.251 e. The van der Waals surface area contributed by atoms with Gasteiger partial charge in [-0.2, -0.15) is 0 Å². The van der Waals surface area contributed by atoms with E-state index < -0.39 is 28.7 Å². The smallest absolute Gasteiger partial charge is 0.251 e. The fourth-order valence-electron chi connectivity index (χ4n) is 7.41. The SMILES string of the molecule is CC[C@H](C)[C@H](CO)N1C(=O)[C@@H]2[C@H]3C(=O)N(Cc4ccccc4)CC=C[C@H]3S[C@@]23C=CCN(c2c(C)cccc2Cl)C(=O)C13. The quantitative estimate of drug-likeness (QED) is 0.448. The van der Waals surface area contributed by atoms with Gasteiger partial charge in [-0.25, -0.2) is 0 Å². The van der Waals surface area contributed by atoms with E-state index in [1.54, 1.807) is 27.6 Å². The number of carbonyl (C=O) groups excluding carboxylic acids is 3. The van der Waals surface area contributed by atoms with Crippen LogP contribution < -0.4 is 4.90 Å². The molecule has 3 amide bonds. The van der Waals surface area contributed by atoms with Crippen LogP contribution in [-0.2, 0) is 20.9 Å². The largest absolute Gasteiger partial charge is 0.394 e. The van der Waals surface area contributed by atoms with Crippen molar-refractivity contribution in [2.75, 3.05) is 24.6 Å². The Morgan fingerprint density at radius 1 is 1.02 bits per heavy atom. The van der Waals surface area contributed by atoms with Crippen LogP contribution in [0.4, 0.5) is 5.69 Å². The number of hydrogen-bond acceptors (Lipinski definition) is 5. The Kier molecular flexibility index (Phi) is 8.22. The number of hydrogen-bond donors (Lipinski definition) is 1. The number of carbonyl (C=O) groups is 3. The molecule has 2 fully saturated rings. The first-order valence-corrected chi connectivity index (χ1v) is 16.3. The topological polar surface area (TPSA) is 81.2 Å². The number of aliphatic hydroxyl groups is 1. The van der Waals surface area contributed by atoms with E-state index in [4.69, 9.17) is 11.6 Å². The number of aryl methyl sites for hydroxylation is 1. The average molecular weight is 620 g/mol. The first-order valence-electron chi connectivity index (χ1n) is 15.1. The minimum Gasteiger partial charge on any atom is -0.394 e. The third-order valence-electron chi connectivity index (χ3n) is 9.70. The predicted octanol–water partition coefficient (Wildman–Crippen LogP) is 4.85. The zero-order valence-corrected chi connectivity index (χ0v) is 26.3. The van der Waals surface area contributed by atoms with Gasteiger partial charge in [0.15, 0.2) is 0 Å². The maximum absolute atomic E-state index is 14.8. The second kappa shape index (κ2) is 11.8. The van der Waals surface area contributed by atoms with Crippen LogP contribution in [0.5, 0.6) is 0 Å². The molecule has 1 unspecified atom stereocenters.